The Hall–Kier alpha value is -2.60. The van der Waals surface area contributed by atoms with Crippen LogP contribution in [0.3, 0.4) is 0 Å². The zero-order valence-corrected chi connectivity index (χ0v) is 13.3. The van der Waals surface area contributed by atoms with E-state index in [9.17, 15) is 19.1 Å². The summed E-state index contributed by atoms with van der Waals surface area (Å²) in [6.07, 6.45) is 0.632. The monoisotopic (exact) mass is 348 g/mol. The highest BCUT2D eigenvalue weighted by atomic mass is 35.5. The van der Waals surface area contributed by atoms with Crippen LogP contribution in [0.1, 0.15) is 12.8 Å². The standard InChI is InChI=1S/C17H14ClFN2O3/c18-11-3-6-14(13(9-11)10-1-4-12(19)5-2-10)21(16(20)24)17(7-8-17)15(22)23/h1-6,9H,7-8H2,(H2,20,24)(H,22,23). The van der Waals surface area contributed by atoms with Crippen molar-refractivity contribution < 1.29 is 19.1 Å². The summed E-state index contributed by atoms with van der Waals surface area (Å²) < 4.78 is 13.2. The average Bonchev–Trinajstić information content (AvgIpc) is 3.31. The van der Waals surface area contributed by atoms with Crippen molar-refractivity contribution in [3.05, 3.63) is 53.3 Å². The lowest BCUT2D eigenvalue weighted by molar-refractivity contribution is -0.139. The first kappa shape index (κ1) is 16.3. The number of carbonyl (C=O) groups is 2. The van der Waals surface area contributed by atoms with E-state index in [-0.39, 0.29) is 0 Å². The number of carboxylic acid groups (broad SMARTS) is 1. The van der Waals surface area contributed by atoms with Gasteiger partial charge in [0.15, 0.2) is 0 Å². The second-order valence-corrected chi connectivity index (χ2v) is 6.12. The van der Waals surface area contributed by atoms with E-state index in [4.69, 9.17) is 17.3 Å². The van der Waals surface area contributed by atoms with Crippen LogP contribution in [-0.2, 0) is 4.79 Å². The number of hydrogen-bond donors (Lipinski definition) is 2. The van der Waals surface area contributed by atoms with Crippen LogP contribution in [0.5, 0.6) is 0 Å². The van der Waals surface area contributed by atoms with Crippen LogP contribution in [-0.4, -0.2) is 22.6 Å². The lowest BCUT2D eigenvalue weighted by Crippen LogP contribution is -2.50. The molecule has 7 heteroatoms. The van der Waals surface area contributed by atoms with Gasteiger partial charge in [0.1, 0.15) is 11.4 Å². The molecule has 0 saturated heterocycles. The van der Waals surface area contributed by atoms with E-state index in [0.29, 0.717) is 34.7 Å². The molecule has 3 N–H and O–H groups in total. The maximum absolute atomic E-state index is 13.2. The highest BCUT2D eigenvalue weighted by Crippen LogP contribution is 2.47. The minimum Gasteiger partial charge on any atom is -0.479 e. The Morgan fingerprint density at radius 1 is 1.17 bits per heavy atom. The maximum atomic E-state index is 13.2. The van der Waals surface area contributed by atoms with E-state index in [1.54, 1.807) is 18.2 Å². The van der Waals surface area contributed by atoms with Crippen LogP contribution >= 0.6 is 11.6 Å². The first-order valence-electron chi connectivity index (χ1n) is 7.24. The molecule has 0 heterocycles. The van der Waals surface area contributed by atoms with E-state index >= 15 is 0 Å². The number of nitrogens with zero attached hydrogens (tertiary/aromatic N) is 1. The zero-order chi connectivity index (χ0) is 17.5. The summed E-state index contributed by atoms with van der Waals surface area (Å²) in [6, 6.07) is 9.45. The van der Waals surface area contributed by atoms with Crippen molar-refractivity contribution in [2.75, 3.05) is 4.90 Å². The highest BCUT2D eigenvalue weighted by molar-refractivity contribution is 6.31. The SMILES string of the molecule is NC(=O)N(c1ccc(Cl)cc1-c1ccc(F)cc1)C1(C(=O)O)CC1. The van der Waals surface area contributed by atoms with Gasteiger partial charge in [-0.25, -0.2) is 14.0 Å². The third kappa shape index (κ3) is 2.69. The minimum absolute atomic E-state index is 0.316. The largest absolute Gasteiger partial charge is 0.479 e. The summed E-state index contributed by atoms with van der Waals surface area (Å²) in [5, 5.41) is 9.92. The lowest BCUT2D eigenvalue weighted by atomic mass is 10.0. The highest BCUT2D eigenvalue weighted by Gasteiger charge is 2.57. The molecule has 1 saturated carbocycles. The Morgan fingerprint density at radius 2 is 1.79 bits per heavy atom. The first-order chi connectivity index (χ1) is 11.3. The summed E-state index contributed by atoms with van der Waals surface area (Å²) >= 11 is 6.05. The number of aliphatic carboxylic acids is 1. The molecule has 0 radical (unpaired) electrons. The van der Waals surface area contributed by atoms with Crippen molar-refractivity contribution in [1.29, 1.82) is 0 Å². The molecule has 1 aliphatic carbocycles. The number of benzene rings is 2. The predicted octanol–water partition coefficient (Wildman–Crippen LogP) is 3.65. The molecular weight excluding hydrogens is 335 g/mol. The maximum Gasteiger partial charge on any atom is 0.330 e. The Bertz CT molecular complexity index is 819. The number of nitrogens with two attached hydrogens (primary N) is 1. The molecule has 2 amide bonds. The molecule has 0 aliphatic heterocycles. The smallest absolute Gasteiger partial charge is 0.330 e. The number of amides is 2. The average molecular weight is 349 g/mol. The number of rotatable bonds is 4. The van der Waals surface area contributed by atoms with Crippen LogP contribution in [0.4, 0.5) is 14.9 Å². The van der Waals surface area contributed by atoms with E-state index < -0.39 is 23.4 Å². The van der Waals surface area contributed by atoms with E-state index in [1.807, 2.05) is 0 Å². The van der Waals surface area contributed by atoms with E-state index in [1.165, 1.54) is 24.3 Å². The Kier molecular flexibility index (Phi) is 3.93. The molecule has 0 spiro atoms. The number of hydrogen-bond acceptors (Lipinski definition) is 2. The molecule has 3 rings (SSSR count). The second-order valence-electron chi connectivity index (χ2n) is 5.68. The zero-order valence-electron chi connectivity index (χ0n) is 12.5. The number of urea groups is 1. The van der Waals surface area contributed by atoms with Crippen molar-refractivity contribution in [3.8, 4) is 11.1 Å². The number of anilines is 1. The third-order valence-electron chi connectivity index (χ3n) is 4.12. The Morgan fingerprint density at radius 3 is 2.29 bits per heavy atom. The first-order valence-corrected chi connectivity index (χ1v) is 7.61. The summed E-state index contributed by atoms with van der Waals surface area (Å²) in [6.45, 7) is 0. The van der Waals surface area contributed by atoms with E-state index in [2.05, 4.69) is 0 Å². The number of halogens is 2. The molecule has 24 heavy (non-hydrogen) atoms. The molecule has 1 aliphatic rings. The van der Waals surface area contributed by atoms with Gasteiger partial charge in [-0.05, 0) is 48.7 Å². The minimum atomic E-state index is -1.34. The Balaban J connectivity index is 2.18. The predicted molar refractivity (Wildman–Crippen MR) is 88.5 cm³/mol. The summed E-state index contributed by atoms with van der Waals surface area (Å²) in [5.41, 5.74) is 5.57. The second kappa shape index (κ2) is 5.79. The van der Waals surface area contributed by atoms with Crippen molar-refractivity contribution in [1.82, 2.24) is 0 Å². The van der Waals surface area contributed by atoms with Gasteiger partial charge in [-0.1, -0.05) is 23.7 Å². The molecule has 2 aromatic rings. The van der Waals surface area contributed by atoms with Crippen molar-refractivity contribution >= 4 is 29.3 Å². The van der Waals surface area contributed by atoms with Crippen molar-refractivity contribution in [2.45, 2.75) is 18.4 Å². The summed E-state index contributed by atoms with van der Waals surface area (Å²) in [4.78, 5) is 24.7. The third-order valence-corrected chi connectivity index (χ3v) is 4.36. The van der Waals surface area contributed by atoms with Crippen LogP contribution < -0.4 is 10.6 Å². The molecule has 0 bridgehead atoms. The number of carboxylic acids is 1. The van der Waals surface area contributed by atoms with Gasteiger partial charge in [0.2, 0.25) is 0 Å². The topological polar surface area (TPSA) is 83.6 Å². The molecule has 124 valence electrons. The molecular formula is C17H14ClFN2O3. The summed E-state index contributed by atoms with van der Waals surface area (Å²) in [5.74, 6) is -1.51. The molecule has 1 fully saturated rings. The quantitative estimate of drug-likeness (QED) is 0.884. The van der Waals surface area contributed by atoms with E-state index in [0.717, 1.165) is 4.90 Å². The van der Waals surface area contributed by atoms with Crippen molar-refractivity contribution in [2.24, 2.45) is 5.73 Å². The van der Waals surface area contributed by atoms with Crippen LogP contribution in [0.15, 0.2) is 42.5 Å². The normalized spacial score (nSPS) is 14.9. The number of primary amides is 1. The van der Waals surface area contributed by atoms with Gasteiger partial charge >= 0.3 is 12.0 Å². The van der Waals surface area contributed by atoms with Gasteiger partial charge in [0.25, 0.3) is 0 Å². The number of carbonyl (C=O) groups excluding carboxylic acids is 1. The fourth-order valence-corrected chi connectivity index (χ4v) is 2.95. The van der Waals surface area contributed by atoms with Crippen LogP contribution in [0, 0.1) is 5.82 Å². The fraction of sp³-hybridized carbons (Fsp3) is 0.176. The fourth-order valence-electron chi connectivity index (χ4n) is 2.78. The van der Waals surface area contributed by atoms with Gasteiger partial charge < -0.3 is 10.8 Å². The van der Waals surface area contributed by atoms with Gasteiger partial charge in [-0.15, -0.1) is 0 Å². The van der Waals surface area contributed by atoms with Crippen LogP contribution in [0.2, 0.25) is 5.02 Å². The molecule has 2 aromatic carbocycles. The van der Waals surface area contributed by atoms with Crippen molar-refractivity contribution in [3.63, 3.8) is 0 Å². The molecule has 0 atom stereocenters. The van der Waals surface area contributed by atoms with Gasteiger partial charge in [0.05, 0.1) is 5.69 Å². The van der Waals surface area contributed by atoms with Gasteiger partial charge in [-0.2, -0.15) is 0 Å². The molecule has 0 aromatic heterocycles. The molecule has 0 unspecified atom stereocenters. The summed E-state index contributed by atoms with van der Waals surface area (Å²) in [7, 11) is 0. The van der Waals surface area contributed by atoms with Gasteiger partial charge in [-0.3, -0.25) is 4.90 Å². The Labute approximate surface area is 142 Å². The molecule has 5 nitrogen and oxygen atoms in total. The van der Waals surface area contributed by atoms with Gasteiger partial charge in [0, 0.05) is 10.6 Å². The van der Waals surface area contributed by atoms with Crippen LogP contribution in [0.25, 0.3) is 11.1 Å². The lowest BCUT2D eigenvalue weighted by Gasteiger charge is -2.29.